The molecule has 1 aromatic heterocycles. The molecule has 0 amide bonds. The van der Waals surface area contributed by atoms with Crippen molar-refractivity contribution in [3.63, 3.8) is 0 Å². The van der Waals surface area contributed by atoms with E-state index in [2.05, 4.69) is 43.0 Å². The predicted octanol–water partition coefficient (Wildman–Crippen LogP) is 3.01. The maximum Gasteiger partial charge on any atom is 0.182 e. The maximum absolute atomic E-state index is 2.38. The van der Waals surface area contributed by atoms with Gasteiger partial charge in [-0.2, -0.15) is 4.57 Å². The van der Waals surface area contributed by atoms with E-state index < -0.39 is 0 Å². The Morgan fingerprint density at radius 2 is 1.79 bits per heavy atom. The van der Waals surface area contributed by atoms with Gasteiger partial charge in [0.2, 0.25) is 0 Å². The van der Waals surface area contributed by atoms with Crippen molar-refractivity contribution in [1.82, 2.24) is 0 Å². The standard InChI is InChI=1S/C13H18N/c1-11-8-12(2)10-14(9-11)13-6-4-3-5-7-13/h6,8-10H,3-5,7H2,1-2H3/q+1. The van der Waals surface area contributed by atoms with Crippen LogP contribution < -0.4 is 4.57 Å². The van der Waals surface area contributed by atoms with Gasteiger partial charge >= 0.3 is 0 Å². The Morgan fingerprint density at radius 1 is 1.07 bits per heavy atom. The van der Waals surface area contributed by atoms with Crippen molar-refractivity contribution in [3.8, 4) is 0 Å². The van der Waals surface area contributed by atoms with E-state index in [1.165, 1.54) is 42.5 Å². The quantitative estimate of drug-likeness (QED) is 0.596. The van der Waals surface area contributed by atoms with Gasteiger partial charge in [-0.25, -0.2) is 0 Å². The summed E-state index contributed by atoms with van der Waals surface area (Å²) in [5, 5.41) is 0. The maximum atomic E-state index is 2.38. The second-order valence-electron chi connectivity index (χ2n) is 4.24. The third kappa shape index (κ3) is 2.03. The highest BCUT2D eigenvalue weighted by Crippen LogP contribution is 2.17. The van der Waals surface area contributed by atoms with Crippen molar-refractivity contribution in [3.05, 3.63) is 35.7 Å². The van der Waals surface area contributed by atoms with E-state index in [-0.39, 0.29) is 0 Å². The minimum absolute atomic E-state index is 1.23. The van der Waals surface area contributed by atoms with Crippen LogP contribution in [0.1, 0.15) is 36.8 Å². The first kappa shape index (κ1) is 9.45. The molecule has 0 bridgehead atoms. The summed E-state index contributed by atoms with van der Waals surface area (Å²) >= 11 is 0. The lowest BCUT2D eigenvalue weighted by Gasteiger charge is -2.08. The lowest BCUT2D eigenvalue weighted by atomic mass is 10.0. The predicted molar refractivity (Wildman–Crippen MR) is 58.9 cm³/mol. The number of nitrogens with zero attached hydrogens (tertiary/aromatic N) is 1. The average Bonchev–Trinajstić information content (AvgIpc) is 2.18. The highest BCUT2D eigenvalue weighted by Gasteiger charge is 2.13. The molecule has 1 aromatic rings. The Balaban J connectivity index is 2.35. The van der Waals surface area contributed by atoms with E-state index in [4.69, 9.17) is 0 Å². The zero-order valence-corrected chi connectivity index (χ0v) is 9.09. The van der Waals surface area contributed by atoms with Crippen LogP contribution in [-0.4, -0.2) is 0 Å². The number of pyridine rings is 1. The molecule has 1 nitrogen and oxygen atoms in total. The lowest BCUT2D eigenvalue weighted by Crippen LogP contribution is -2.33. The summed E-state index contributed by atoms with van der Waals surface area (Å²) in [5.74, 6) is 0. The van der Waals surface area contributed by atoms with Gasteiger partial charge in [0.15, 0.2) is 18.1 Å². The molecule has 1 heteroatoms. The van der Waals surface area contributed by atoms with Crippen molar-refractivity contribution in [1.29, 1.82) is 0 Å². The monoisotopic (exact) mass is 188 g/mol. The number of hydrogen-bond donors (Lipinski definition) is 0. The van der Waals surface area contributed by atoms with Crippen molar-refractivity contribution >= 4 is 5.70 Å². The molecular formula is C13H18N+. The fraction of sp³-hybridized carbons (Fsp3) is 0.462. The average molecular weight is 188 g/mol. The van der Waals surface area contributed by atoms with Gasteiger partial charge in [-0.15, -0.1) is 0 Å². The molecule has 2 rings (SSSR count). The van der Waals surface area contributed by atoms with Crippen molar-refractivity contribution < 1.29 is 4.57 Å². The minimum atomic E-state index is 1.23. The molecule has 0 radical (unpaired) electrons. The highest BCUT2D eigenvalue weighted by molar-refractivity contribution is 5.34. The Hall–Kier alpha value is -1.11. The molecule has 74 valence electrons. The minimum Gasteiger partial charge on any atom is -0.171 e. The summed E-state index contributed by atoms with van der Waals surface area (Å²) in [6, 6.07) is 2.22. The van der Waals surface area contributed by atoms with Gasteiger partial charge in [-0.3, -0.25) is 0 Å². The normalized spacial score (nSPS) is 16.6. The Bertz CT molecular complexity index is 343. The van der Waals surface area contributed by atoms with Crippen LogP contribution >= 0.6 is 0 Å². The highest BCUT2D eigenvalue weighted by atomic mass is 14.9. The Kier molecular flexibility index (Phi) is 2.67. The van der Waals surface area contributed by atoms with Gasteiger partial charge in [-0.1, -0.05) is 0 Å². The molecule has 0 unspecified atom stereocenters. The van der Waals surface area contributed by atoms with E-state index in [1.807, 2.05) is 0 Å². The number of aromatic nitrogens is 1. The summed E-state index contributed by atoms with van der Waals surface area (Å²) in [7, 11) is 0. The fourth-order valence-electron chi connectivity index (χ4n) is 2.13. The molecule has 0 aromatic carbocycles. The third-order valence-corrected chi connectivity index (χ3v) is 2.74. The topological polar surface area (TPSA) is 3.88 Å². The van der Waals surface area contributed by atoms with Crippen LogP contribution in [0.3, 0.4) is 0 Å². The van der Waals surface area contributed by atoms with E-state index in [9.17, 15) is 0 Å². The van der Waals surface area contributed by atoms with Crippen LogP contribution in [0.5, 0.6) is 0 Å². The SMILES string of the molecule is Cc1cc(C)c[n+](C2=CCCCC2)c1. The van der Waals surface area contributed by atoms with Crippen LogP contribution in [0.15, 0.2) is 24.5 Å². The van der Waals surface area contributed by atoms with Crippen LogP contribution in [0.25, 0.3) is 5.70 Å². The molecule has 1 aliphatic carbocycles. The molecule has 0 spiro atoms. The van der Waals surface area contributed by atoms with E-state index >= 15 is 0 Å². The largest absolute Gasteiger partial charge is 0.182 e. The number of rotatable bonds is 1. The zero-order chi connectivity index (χ0) is 9.97. The van der Waals surface area contributed by atoms with E-state index in [0.717, 1.165) is 0 Å². The van der Waals surface area contributed by atoms with Crippen molar-refractivity contribution in [2.24, 2.45) is 0 Å². The van der Waals surface area contributed by atoms with E-state index in [1.54, 1.807) is 0 Å². The van der Waals surface area contributed by atoms with Crippen LogP contribution in [-0.2, 0) is 0 Å². The number of hydrogen-bond acceptors (Lipinski definition) is 0. The van der Waals surface area contributed by atoms with Gasteiger partial charge in [0.25, 0.3) is 0 Å². The van der Waals surface area contributed by atoms with Crippen LogP contribution in [0, 0.1) is 13.8 Å². The Morgan fingerprint density at radius 3 is 2.36 bits per heavy atom. The first-order valence-corrected chi connectivity index (χ1v) is 5.45. The van der Waals surface area contributed by atoms with Crippen LogP contribution in [0.2, 0.25) is 0 Å². The molecule has 0 aliphatic heterocycles. The molecule has 0 fully saturated rings. The molecule has 14 heavy (non-hydrogen) atoms. The summed E-state index contributed by atoms with van der Waals surface area (Å²) in [5.41, 5.74) is 4.16. The molecule has 0 saturated heterocycles. The molecular weight excluding hydrogens is 170 g/mol. The summed E-state index contributed by atoms with van der Waals surface area (Å²) in [4.78, 5) is 0. The molecule has 0 atom stereocenters. The first-order chi connectivity index (χ1) is 6.75. The second kappa shape index (κ2) is 3.95. The second-order valence-corrected chi connectivity index (χ2v) is 4.24. The molecule has 0 saturated carbocycles. The first-order valence-electron chi connectivity index (χ1n) is 5.45. The van der Waals surface area contributed by atoms with Crippen molar-refractivity contribution in [2.45, 2.75) is 39.5 Å². The van der Waals surface area contributed by atoms with Gasteiger partial charge in [0.05, 0.1) is 0 Å². The van der Waals surface area contributed by atoms with Gasteiger partial charge in [0, 0.05) is 17.5 Å². The fourth-order valence-corrected chi connectivity index (χ4v) is 2.13. The van der Waals surface area contributed by atoms with E-state index in [0.29, 0.717) is 0 Å². The number of aryl methyl sites for hydroxylation is 2. The van der Waals surface area contributed by atoms with Gasteiger partial charge < -0.3 is 0 Å². The number of allylic oxidation sites excluding steroid dienone is 2. The molecule has 1 heterocycles. The van der Waals surface area contributed by atoms with Gasteiger partial charge in [0.1, 0.15) is 0 Å². The van der Waals surface area contributed by atoms with Gasteiger partial charge in [-0.05, 0) is 45.3 Å². The lowest BCUT2D eigenvalue weighted by molar-refractivity contribution is -0.584. The van der Waals surface area contributed by atoms with Crippen molar-refractivity contribution in [2.75, 3.05) is 0 Å². The smallest absolute Gasteiger partial charge is 0.171 e. The third-order valence-electron chi connectivity index (χ3n) is 2.74. The molecule has 0 N–H and O–H groups in total. The summed E-state index contributed by atoms with van der Waals surface area (Å²) in [6.45, 7) is 4.32. The zero-order valence-electron chi connectivity index (χ0n) is 9.09. The van der Waals surface area contributed by atoms with Crippen LogP contribution in [0.4, 0.5) is 0 Å². The Labute approximate surface area is 86.1 Å². The summed E-state index contributed by atoms with van der Waals surface area (Å²) in [6.07, 6.45) is 12.0. The summed E-state index contributed by atoms with van der Waals surface area (Å²) < 4.78 is 2.30. The molecule has 1 aliphatic rings.